The van der Waals surface area contributed by atoms with Gasteiger partial charge in [-0.05, 0) is 12.8 Å². The number of carboxylic acids is 1. The zero-order valence-corrected chi connectivity index (χ0v) is 12.3. The number of hydrogen-bond donors (Lipinski definition) is 1. The van der Waals surface area contributed by atoms with Gasteiger partial charge in [0, 0.05) is 12.5 Å². The highest BCUT2D eigenvalue weighted by Gasteiger charge is 2.37. The minimum absolute atomic E-state index is 0.0501. The van der Waals surface area contributed by atoms with Crippen molar-refractivity contribution in [3.8, 4) is 0 Å². The Labute approximate surface area is 119 Å². The highest BCUT2D eigenvalue weighted by molar-refractivity contribution is 7.91. The molecule has 0 radical (unpaired) electrons. The predicted octanol–water partition coefficient (Wildman–Crippen LogP) is 0.667. The van der Waals surface area contributed by atoms with Gasteiger partial charge < -0.3 is 10.0 Å². The molecular weight excluding hydrogens is 282 g/mol. The highest BCUT2D eigenvalue weighted by Crippen LogP contribution is 2.27. The first kappa shape index (κ1) is 15.3. The van der Waals surface area contributed by atoms with Crippen molar-refractivity contribution in [3.63, 3.8) is 0 Å². The van der Waals surface area contributed by atoms with Gasteiger partial charge in [-0.15, -0.1) is 0 Å². The largest absolute Gasteiger partial charge is 0.481 e. The Morgan fingerprint density at radius 3 is 2.40 bits per heavy atom. The molecule has 0 aromatic rings. The molecule has 1 heterocycles. The number of sulfone groups is 1. The van der Waals surface area contributed by atoms with Crippen LogP contribution in [0.3, 0.4) is 0 Å². The van der Waals surface area contributed by atoms with E-state index in [2.05, 4.69) is 0 Å². The van der Waals surface area contributed by atoms with Gasteiger partial charge in [-0.1, -0.05) is 19.3 Å². The maximum Gasteiger partial charge on any atom is 0.305 e. The molecule has 0 aromatic carbocycles. The summed E-state index contributed by atoms with van der Waals surface area (Å²) < 4.78 is 23.3. The van der Waals surface area contributed by atoms with Crippen LogP contribution < -0.4 is 0 Å². The lowest BCUT2D eigenvalue weighted by atomic mass is 9.88. The smallest absolute Gasteiger partial charge is 0.305 e. The summed E-state index contributed by atoms with van der Waals surface area (Å²) in [5.41, 5.74) is 0. The predicted molar refractivity (Wildman–Crippen MR) is 73.0 cm³/mol. The minimum Gasteiger partial charge on any atom is -0.481 e. The molecule has 1 saturated heterocycles. The fourth-order valence-electron chi connectivity index (χ4n) is 3.13. The summed E-state index contributed by atoms with van der Waals surface area (Å²) in [5, 5.41) is 8.91. The first-order valence-corrected chi connectivity index (χ1v) is 8.94. The molecule has 2 fully saturated rings. The summed E-state index contributed by atoms with van der Waals surface area (Å²) in [7, 11) is -3.23. The Balaban J connectivity index is 2.10. The molecule has 0 bridgehead atoms. The second kappa shape index (κ2) is 6.11. The third-order valence-electron chi connectivity index (χ3n) is 4.18. The van der Waals surface area contributed by atoms with Crippen molar-refractivity contribution in [1.82, 2.24) is 4.90 Å². The monoisotopic (exact) mass is 303 g/mol. The minimum atomic E-state index is -3.23. The van der Waals surface area contributed by atoms with E-state index < -0.39 is 21.8 Å². The zero-order valence-electron chi connectivity index (χ0n) is 11.5. The molecule has 2 aliphatic rings. The fourth-order valence-corrected chi connectivity index (χ4v) is 4.66. The van der Waals surface area contributed by atoms with Crippen molar-refractivity contribution >= 4 is 21.7 Å². The number of carbonyl (C=O) groups excluding carboxylic acids is 1. The second-order valence-electron chi connectivity index (χ2n) is 5.73. The molecule has 0 aromatic heterocycles. The Hall–Kier alpha value is -1.11. The van der Waals surface area contributed by atoms with Crippen LogP contribution in [-0.4, -0.2) is 54.4 Å². The van der Waals surface area contributed by atoms with Crippen LogP contribution in [0.15, 0.2) is 0 Å². The molecule has 1 aliphatic heterocycles. The normalized spacial score (nSPS) is 27.2. The number of carbonyl (C=O) groups is 2. The molecule has 1 amide bonds. The molecule has 0 spiro atoms. The van der Waals surface area contributed by atoms with Crippen LogP contribution in [0.1, 0.15) is 38.5 Å². The average Bonchev–Trinajstić information content (AvgIpc) is 2.37. The summed E-state index contributed by atoms with van der Waals surface area (Å²) in [6.07, 6.45) is 4.55. The summed E-state index contributed by atoms with van der Waals surface area (Å²) in [5.74, 6) is -1.44. The number of rotatable bonds is 3. The van der Waals surface area contributed by atoms with Crippen LogP contribution in [0.4, 0.5) is 0 Å². The maximum absolute atomic E-state index is 12.5. The van der Waals surface area contributed by atoms with Gasteiger partial charge >= 0.3 is 5.97 Å². The van der Waals surface area contributed by atoms with Crippen LogP contribution in [0.25, 0.3) is 0 Å². The molecule has 1 aliphatic carbocycles. The van der Waals surface area contributed by atoms with Gasteiger partial charge in [0.1, 0.15) is 0 Å². The Morgan fingerprint density at radius 1 is 1.15 bits per heavy atom. The van der Waals surface area contributed by atoms with E-state index in [-0.39, 0.29) is 36.3 Å². The van der Waals surface area contributed by atoms with Crippen LogP contribution in [0.5, 0.6) is 0 Å². The summed E-state index contributed by atoms with van der Waals surface area (Å²) in [6, 6.07) is -0.708. The van der Waals surface area contributed by atoms with Crippen molar-refractivity contribution in [2.45, 2.75) is 44.6 Å². The number of carboxylic acid groups (broad SMARTS) is 1. The number of amides is 1. The summed E-state index contributed by atoms with van der Waals surface area (Å²) >= 11 is 0. The van der Waals surface area contributed by atoms with E-state index in [1.165, 1.54) is 4.90 Å². The van der Waals surface area contributed by atoms with Crippen LogP contribution in [0.2, 0.25) is 0 Å². The standard InChI is InChI=1S/C13H21NO5S/c15-12(16)8-11-9-20(18,19)7-6-14(11)13(17)10-4-2-1-3-5-10/h10-11H,1-9H2,(H,15,16). The van der Waals surface area contributed by atoms with Gasteiger partial charge in [-0.3, -0.25) is 9.59 Å². The molecule has 2 rings (SSSR count). The lowest BCUT2D eigenvalue weighted by Crippen LogP contribution is -2.53. The SMILES string of the molecule is O=C(O)CC1CS(=O)(=O)CCN1C(=O)C1CCCCC1. The third-order valence-corrected chi connectivity index (χ3v) is 5.88. The molecule has 1 atom stereocenters. The summed E-state index contributed by atoms with van der Waals surface area (Å²) in [4.78, 5) is 24.9. The molecule has 20 heavy (non-hydrogen) atoms. The van der Waals surface area contributed by atoms with E-state index in [4.69, 9.17) is 5.11 Å². The van der Waals surface area contributed by atoms with Gasteiger partial charge in [-0.2, -0.15) is 0 Å². The van der Waals surface area contributed by atoms with Crippen LogP contribution >= 0.6 is 0 Å². The van der Waals surface area contributed by atoms with E-state index in [1.54, 1.807) is 0 Å². The van der Waals surface area contributed by atoms with Gasteiger partial charge in [0.05, 0.1) is 24.0 Å². The van der Waals surface area contributed by atoms with E-state index in [0.29, 0.717) is 0 Å². The lowest BCUT2D eigenvalue weighted by molar-refractivity contribution is -0.142. The Bertz CT molecular complexity index is 481. The van der Waals surface area contributed by atoms with Crippen LogP contribution in [-0.2, 0) is 19.4 Å². The highest BCUT2D eigenvalue weighted by atomic mass is 32.2. The lowest BCUT2D eigenvalue weighted by Gasteiger charge is -2.37. The average molecular weight is 303 g/mol. The van der Waals surface area contributed by atoms with E-state index in [1.807, 2.05) is 0 Å². The van der Waals surface area contributed by atoms with Gasteiger partial charge in [-0.25, -0.2) is 8.42 Å². The Kier molecular flexibility index (Phi) is 4.67. The van der Waals surface area contributed by atoms with Crippen LogP contribution in [0, 0.1) is 5.92 Å². The summed E-state index contributed by atoms with van der Waals surface area (Å²) in [6.45, 7) is 0.135. The van der Waals surface area contributed by atoms with Crippen molar-refractivity contribution in [1.29, 1.82) is 0 Å². The molecule has 6 nitrogen and oxygen atoms in total. The van der Waals surface area contributed by atoms with Crippen molar-refractivity contribution in [2.75, 3.05) is 18.1 Å². The van der Waals surface area contributed by atoms with E-state index in [9.17, 15) is 18.0 Å². The van der Waals surface area contributed by atoms with E-state index >= 15 is 0 Å². The molecule has 114 valence electrons. The zero-order chi connectivity index (χ0) is 14.8. The number of nitrogens with zero attached hydrogens (tertiary/aromatic N) is 1. The van der Waals surface area contributed by atoms with Gasteiger partial charge in [0.25, 0.3) is 0 Å². The molecule has 1 saturated carbocycles. The third kappa shape index (κ3) is 3.71. The number of aliphatic carboxylic acids is 1. The fraction of sp³-hybridized carbons (Fsp3) is 0.846. The molecule has 1 unspecified atom stereocenters. The number of hydrogen-bond acceptors (Lipinski definition) is 4. The van der Waals surface area contributed by atoms with Crippen molar-refractivity contribution in [3.05, 3.63) is 0 Å². The Morgan fingerprint density at radius 2 is 1.80 bits per heavy atom. The molecule has 1 N–H and O–H groups in total. The van der Waals surface area contributed by atoms with Gasteiger partial charge in [0.15, 0.2) is 9.84 Å². The topological polar surface area (TPSA) is 91.8 Å². The maximum atomic E-state index is 12.5. The quantitative estimate of drug-likeness (QED) is 0.827. The van der Waals surface area contributed by atoms with Crippen molar-refractivity contribution < 1.29 is 23.1 Å². The van der Waals surface area contributed by atoms with Gasteiger partial charge in [0.2, 0.25) is 5.91 Å². The first-order valence-electron chi connectivity index (χ1n) is 7.12. The second-order valence-corrected chi connectivity index (χ2v) is 7.96. The molecule has 7 heteroatoms. The van der Waals surface area contributed by atoms with E-state index in [0.717, 1.165) is 32.1 Å². The van der Waals surface area contributed by atoms with Crippen molar-refractivity contribution in [2.24, 2.45) is 5.92 Å². The molecular formula is C13H21NO5S. The first-order chi connectivity index (χ1) is 9.39.